The topological polar surface area (TPSA) is 59.1 Å². The van der Waals surface area contributed by atoms with Crippen LogP contribution in [-0.2, 0) is 6.18 Å². The lowest BCUT2D eigenvalue weighted by molar-refractivity contribution is -0.137. The molecule has 0 unspecified atom stereocenters. The number of nitrogens with zero attached hydrogens (tertiary/aromatic N) is 2. The third-order valence-corrected chi connectivity index (χ3v) is 5.70. The maximum absolute atomic E-state index is 13.4. The average Bonchev–Trinajstić information content (AvgIpc) is 2.77. The Morgan fingerprint density at radius 3 is 2.16 bits per heavy atom. The van der Waals surface area contributed by atoms with Gasteiger partial charge in [0.25, 0.3) is 0 Å². The summed E-state index contributed by atoms with van der Waals surface area (Å²) >= 11 is 3.31. The summed E-state index contributed by atoms with van der Waals surface area (Å²) in [6.07, 6.45) is 2.19. The SMILES string of the molecule is FC(F)(F)c1cnc(Nc2ccc(OC3CCCCC3)cc2)nc1Nc1ccc(Br)cc1. The summed E-state index contributed by atoms with van der Waals surface area (Å²) in [5.41, 5.74) is 0.185. The number of nitrogens with one attached hydrogen (secondary N) is 2. The lowest BCUT2D eigenvalue weighted by atomic mass is 9.98. The van der Waals surface area contributed by atoms with Crippen LogP contribution in [0.25, 0.3) is 0 Å². The smallest absolute Gasteiger partial charge is 0.421 e. The molecule has 0 spiro atoms. The number of anilines is 4. The molecule has 168 valence electrons. The van der Waals surface area contributed by atoms with Crippen molar-refractivity contribution >= 4 is 39.1 Å². The van der Waals surface area contributed by atoms with Crippen LogP contribution in [0.15, 0.2) is 59.2 Å². The van der Waals surface area contributed by atoms with Gasteiger partial charge in [0, 0.05) is 22.0 Å². The van der Waals surface area contributed by atoms with Crippen LogP contribution in [0, 0.1) is 0 Å². The maximum Gasteiger partial charge on any atom is 0.421 e. The first kappa shape index (κ1) is 22.4. The standard InChI is InChI=1S/C23H22BrF3N4O/c24-15-6-8-16(9-7-15)29-21-20(23(25,26)27)14-28-22(31-21)30-17-10-12-19(13-11-17)32-18-4-2-1-3-5-18/h6-14,18H,1-5H2,(H2,28,29,30,31). The average molecular weight is 507 g/mol. The second-order valence-electron chi connectivity index (χ2n) is 7.61. The minimum atomic E-state index is -4.59. The first-order valence-corrected chi connectivity index (χ1v) is 11.2. The number of ether oxygens (including phenoxy) is 1. The first-order valence-electron chi connectivity index (χ1n) is 10.4. The summed E-state index contributed by atoms with van der Waals surface area (Å²) in [7, 11) is 0. The molecular formula is C23H22BrF3N4O. The zero-order valence-corrected chi connectivity index (χ0v) is 18.7. The van der Waals surface area contributed by atoms with E-state index < -0.39 is 11.7 Å². The summed E-state index contributed by atoms with van der Waals surface area (Å²) in [5, 5.41) is 5.69. The van der Waals surface area contributed by atoms with Gasteiger partial charge in [-0.1, -0.05) is 22.4 Å². The molecule has 0 radical (unpaired) electrons. The predicted molar refractivity (Wildman–Crippen MR) is 122 cm³/mol. The summed E-state index contributed by atoms with van der Waals surface area (Å²) in [5.74, 6) is 0.501. The van der Waals surface area contributed by atoms with E-state index in [1.165, 1.54) is 19.3 Å². The van der Waals surface area contributed by atoms with Crippen molar-refractivity contribution in [1.82, 2.24) is 9.97 Å². The van der Waals surface area contributed by atoms with Crippen molar-refractivity contribution in [2.45, 2.75) is 44.4 Å². The van der Waals surface area contributed by atoms with Crippen molar-refractivity contribution in [2.24, 2.45) is 0 Å². The number of benzene rings is 2. The van der Waals surface area contributed by atoms with E-state index in [1.807, 2.05) is 12.1 Å². The van der Waals surface area contributed by atoms with E-state index in [-0.39, 0.29) is 17.9 Å². The van der Waals surface area contributed by atoms with Crippen molar-refractivity contribution in [3.05, 3.63) is 64.8 Å². The number of hydrogen-bond donors (Lipinski definition) is 2. The molecule has 4 rings (SSSR count). The third-order valence-electron chi connectivity index (χ3n) is 5.17. The molecule has 1 aromatic heterocycles. The first-order chi connectivity index (χ1) is 15.4. The summed E-state index contributed by atoms with van der Waals surface area (Å²) in [4.78, 5) is 7.92. The van der Waals surface area contributed by atoms with Crippen molar-refractivity contribution < 1.29 is 17.9 Å². The molecule has 0 atom stereocenters. The highest BCUT2D eigenvalue weighted by Crippen LogP contribution is 2.35. The van der Waals surface area contributed by atoms with Crippen molar-refractivity contribution in [3.8, 4) is 5.75 Å². The molecule has 1 heterocycles. The van der Waals surface area contributed by atoms with Crippen LogP contribution in [-0.4, -0.2) is 16.1 Å². The van der Waals surface area contributed by atoms with Crippen LogP contribution >= 0.6 is 15.9 Å². The lowest BCUT2D eigenvalue weighted by Crippen LogP contribution is -2.19. The van der Waals surface area contributed by atoms with Gasteiger partial charge in [-0.2, -0.15) is 18.2 Å². The van der Waals surface area contributed by atoms with E-state index in [9.17, 15) is 13.2 Å². The van der Waals surface area contributed by atoms with Gasteiger partial charge in [0.2, 0.25) is 5.95 Å². The molecule has 1 aliphatic rings. The summed E-state index contributed by atoms with van der Waals surface area (Å²) in [6.45, 7) is 0. The summed E-state index contributed by atoms with van der Waals surface area (Å²) < 4.78 is 47.2. The van der Waals surface area contributed by atoms with Gasteiger partial charge >= 0.3 is 6.18 Å². The fourth-order valence-corrected chi connectivity index (χ4v) is 3.80. The van der Waals surface area contributed by atoms with E-state index in [1.54, 1.807) is 36.4 Å². The number of hydrogen-bond acceptors (Lipinski definition) is 5. The van der Waals surface area contributed by atoms with Crippen molar-refractivity contribution in [2.75, 3.05) is 10.6 Å². The predicted octanol–water partition coefficient (Wildman–Crippen LogP) is 7.46. The Balaban J connectivity index is 1.50. The molecule has 0 amide bonds. The van der Waals surface area contributed by atoms with Crippen LogP contribution in [0.4, 0.5) is 36.3 Å². The van der Waals surface area contributed by atoms with Crippen LogP contribution in [0.3, 0.4) is 0 Å². The van der Waals surface area contributed by atoms with E-state index in [0.717, 1.165) is 29.3 Å². The maximum atomic E-state index is 13.4. The second kappa shape index (κ2) is 9.77. The van der Waals surface area contributed by atoms with Gasteiger partial charge in [-0.3, -0.25) is 0 Å². The van der Waals surface area contributed by atoms with Gasteiger partial charge in [0.1, 0.15) is 17.1 Å². The van der Waals surface area contributed by atoms with Gasteiger partial charge < -0.3 is 15.4 Å². The highest BCUT2D eigenvalue weighted by molar-refractivity contribution is 9.10. The minimum absolute atomic E-state index is 0.0542. The highest BCUT2D eigenvalue weighted by Gasteiger charge is 2.35. The Hall–Kier alpha value is -2.81. The zero-order chi connectivity index (χ0) is 22.6. The Bertz CT molecular complexity index is 1040. The molecule has 9 heteroatoms. The molecule has 3 aromatic rings. The van der Waals surface area contributed by atoms with Gasteiger partial charge in [-0.15, -0.1) is 0 Å². The summed E-state index contributed by atoms with van der Waals surface area (Å²) in [6, 6.07) is 14.0. The fraction of sp³-hybridized carbons (Fsp3) is 0.304. The Morgan fingerprint density at radius 2 is 1.50 bits per heavy atom. The fourth-order valence-electron chi connectivity index (χ4n) is 3.54. The van der Waals surface area contributed by atoms with Gasteiger partial charge in [0.05, 0.1) is 6.10 Å². The van der Waals surface area contributed by atoms with E-state index in [0.29, 0.717) is 11.4 Å². The zero-order valence-electron chi connectivity index (χ0n) is 17.1. The third kappa shape index (κ3) is 5.91. The van der Waals surface area contributed by atoms with Crippen LogP contribution in [0.1, 0.15) is 37.7 Å². The van der Waals surface area contributed by atoms with Crippen LogP contribution in [0.5, 0.6) is 5.75 Å². The van der Waals surface area contributed by atoms with Gasteiger partial charge in [-0.05, 0) is 74.2 Å². The Morgan fingerprint density at radius 1 is 0.875 bits per heavy atom. The molecule has 2 N–H and O–H groups in total. The number of rotatable bonds is 6. The van der Waals surface area contributed by atoms with E-state index >= 15 is 0 Å². The molecule has 1 aliphatic carbocycles. The van der Waals surface area contributed by atoms with Gasteiger partial charge in [0.15, 0.2) is 0 Å². The Kier molecular flexibility index (Phi) is 6.83. The van der Waals surface area contributed by atoms with E-state index in [4.69, 9.17) is 4.74 Å². The second-order valence-corrected chi connectivity index (χ2v) is 8.53. The molecule has 32 heavy (non-hydrogen) atoms. The van der Waals surface area contributed by atoms with E-state index in [2.05, 4.69) is 36.5 Å². The Labute approximate surface area is 192 Å². The molecule has 2 aromatic carbocycles. The molecule has 1 fully saturated rings. The molecule has 5 nitrogen and oxygen atoms in total. The number of halogens is 4. The quantitative estimate of drug-likeness (QED) is 0.363. The lowest BCUT2D eigenvalue weighted by Gasteiger charge is -2.23. The van der Waals surface area contributed by atoms with Crippen molar-refractivity contribution in [1.29, 1.82) is 0 Å². The molecule has 0 saturated heterocycles. The normalized spacial score (nSPS) is 14.8. The number of aromatic nitrogens is 2. The monoisotopic (exact) mass is 506 g/mol. The molecule has 1 saturated carbocycles. The minimum Gasteiger partial charge on any atom is -0.490 e. The molecule has 0 aliphatic heterocycles. The molecular weight excluding hydrogens is 485 g/mol. The number of alkyl halides is 3. The highest BCUT2D eigenvalue weighted by atomic mass is 79.9. The largest absolute Gasteiger partial charge is 0.490 e. The van der Waals surface area contributed by atoms with Crippen LogP contribution in [0.2, 0.25) is 0 Å². The van der Waals surface area contributed by atoms with Crippen molar-refractivity contribution in [3.63, 3.8) is 0 Å². The molecule has 0 bridgehead atoms. The van der Waals surface area contributed by atoms with Crippen LogP contribution < -0.4 is 15.4 Å². The van der Waals surface area contributed by atoms with Gasteiger partial charge in [-0.25, -0.2) is 4.98 Å².